The molecule has 3 atom stereocenters. The first-order chi connectivity index (χ1) is 19.0. The summed E-state index contributed by atoms with van der Waals surface area (Å²) in [4.78, 5) is 48.3. The number of carbonyl (C=O) groups is 3. The summed E-state index contributed by atoms with van der Waals surface area (Å²) in [5.74, 6) is -0.565. The molecule has 13 heteroatoms. The molecule has 0 spiro atoms. The molecule has 0 bridgehead atoms. The van der Waals surface area contributed by atoms with Crippen LogP contribution < -0.4 is 0 Å². The normalized spacial score (nSPS) is 20.1. The molecule has 0 aliphatic carbocycles. The minimum Gasteiger partial charge on any atom is -0.442 e. The van der Waals surface area contributed by atoms with Gasteiger partial charge >= 0.3 is 18.2 Å². The fraction of sp³-hybridized carbons (Fsp3) is 0.519. The number of urea groups is 1. The van der Waals surface area contributed by atoms with Gasteiger partial charge < -0.3 is 9.64 Å². The molecule has 1 fully saturated rings. The van der Waals surface area contributed by atoms with Crippen LogP contribution in [0.2, 0.25) is 0 Å². The molecule has 3 amide bonds. The third-order valence-corrected chi connectivity index (χ3v) is 6.82. The molecule has 2 aliphatic rings. The molecule has 216 valence electrons. The van der Waals surface area contributed by atoms with Crippen LogP contribution in [0.25, 0.3) is 0 Å². The number of halogens is 3. The van der Waals surface area contributed by atoms with Crippen molar-refractivity contribution < 1.29 is 32.3 Å². The number of hydrogen-bond donors (Lipinski definition) is 0. The van der Waals surface area contributed by atoms with E-state index >= 15 is 0 Å². The molecule has 40 heavy (non-hydrogen) atoms. The van der Waals surface area contributed by atoms with Crippen molar-refractivity contribution in [1.29, 1.82) is 0 Å². The first-order valence-corrected chi connectivity index (χ1v) is 13.4. The minimum absolute atomic E-state index is 0.0634. The lowest BCUT2D eigenvalue weighted by molar-refractivity contribution is -0.160. The van der Waals surface area contributed by atoms with Crippen molar-refractivity contribution >= 4 is 23.7 Å². The van der Waals surface area contributed by atoms with Gasteiger partial charge in [-0.2, -0.15) is 18.3 Å². The first-order valence-electron chi connectivity index (χ1n) is 13.4. The average Bonchev–Trinajstić information content (AvgIpc) is 3.52. The minimum atomic E-state index is -4.47. The Labute approximate surface area is 230 Å². The van der Waals surface area contributed by atoms with E-state index in [9.17, 15) is 27.6 Å². The molecule has 1 aromatic carbocycles. The zero-order chi connectivity index (χ0) is 29.2. The Morgan fingerprint density at radius 3 is 2.55 bits per heavy atom. The second-order valence-corrected chi connectivity index (χ2v) is 9.74. The van der Waals surface area contributed by atoms with Crippen LogP contribution >= 0.6 is 0 Å². The number of carbonyl (C=O) groups excluding carboxylic acids is 3. The van der Waals surface area contributed by atoms with Crippen LogP contribution in [0.3, 0.4) is 0 Å². The van der Waals surface area contributed by atoms with Gasteiger partial charge in [0.1, 0.15) is 5.84 Å². The van der Waals surface area contributed by atoms with E-state index in [-0.39, 0.29) is 19.5 Å². The van der Waals surface area contributed by atoms with Gasteiger partial charge in [0.05, 0.1) is 23.9 Å². The molecule has 10 nitrogen and oxygen atoms in total. The van der Waals surface area contributed by atoms with E-state index in [2.05, 4.69) is 5.10 Å². The highest BCUT2D eigenvalue weighted by Crippen LogP contribution is 2.33. The molecule has 0 saturated carbocycles. The number of hydrogen-bond acceptors (Lipinski definition) is 7. The number of ether oxygens (including phenoxy) is 1. The highest BCUT2D eigenvalue weighted by molar-refractivity contribution is 6.08. The predicted octanol–water partition coefficient (Wildman–Crippen LogP) is 4.09. The number of likely N-dealkylation sites (N-methyl/N-ethyl adjacent to an activating group) is 1. The third-order valence-electron chi connectivity index (χ3n) is 6.82. The second kappa shape index (κ2) is 11.7. The molecule has 0 radical (unpaired) electrons. The molecule has 2 aromatic rings. The van der Waals surface area contributed by atoms with Crippen molar-refractivity contribution in [1.82, 2.24) is 24.5 Å². The van der Waals surface area contributed by atoms with Gasteiger partial charge in [-0.15, -0.1) is 0 Å². The van der Waals surface area contributed by atoms with Crippen molar-refractivity contribution in [3.05, 3.63) is 53.3 Å². The Hall–Kier alpha value is -3.90. The number of aromatic nitrogens is 2. The van der Waals surface area contributed by atoms with E-state index in [0.29, 0.717) is 36.3 Å². The fourth-order valence-corrected chi connectivity index (χ4v) is 5.03. The molecule has 1 aromatic heterocycles. The monoisotopic (exact) mass is 562 g/mol. The summed E-state index contributed by atoms with van der Waals surface area (Å²) in [7, 11) is 0. The highest BCUT2D eigenvalue weighted by Gasteiger charge is 2.54. The lowest BCUT2D eigenvalue weighted by Crippen LogP contribution is -2.67. The molecular weight excluding hydrogens is 529 g/mol. The number of nitrogens with zero attached hydrogens (tertiary/aromatic N) is 6. The largest absolute Gasteiger partial charge is 0.442 e. The van der Waals surface area contributed by atoms with Crippen LogP contribution in [-0.4, -0.2) is 79.7 Å². The summed E-state index contributed by atoms with van der Waals surface area (Å²) in [5.41, 5.74) is 0.117. The Balaban J connectivity index is 1.69. The van der Waals surface area contributed by atoms with Crippen LogP contribution in [-0.2, 0) is 27.0 Å². The van der Waals surface area contributed by atoms with Crippen LogP contribution in [0, 0.1) is 0 Å². The van der Waals surface area contributed by atoms with Gasteiger partial charge in [0, 0.05) is 25.7 Å². The summed E-state index contributed by atoms with van der Waals surface area (Å²) in [6.07, 6.45) is -1.74. The topological polar surface area (TPSA) is 100 Å². The summed E-state index contributed by atoms with van der Waals surface area (Å²) < 4.78 is 46.7. The smallest absolute Gasteiger partial charge is 0.416 e. The lowest BCUT2D eigenvalue weighted by atomic mass is 10.1. The SMILES string of the molecule is CCCC(=O)OC(C)N1C(c2cnn(Cc3cccc(C(F)(F)F)c3)c2)=NC2C1C(=O)N(CCC)C(=O)N2CC. The number of imide groups is 1. The zero-order valence-corrected chi connectivity index (χ0v) is 22.9. The fourth-order valence-electron chi connectivity index (χ4n) is 5.03. The van der Waals surface area contributed by atoms with Crippen molar-refractivity contribution in [2.45, 2.75) is 78.1 Å². The molecule has 3 heterocycles. The van der Waals surface area contributed by atoms with E-state index in [4.69, 9.17) is 9.73 Å². The van der Waals surface area contributed by atoms with Crippen molar-refractivity contribution in [2.24, 2.45) is 4.99 Å². The Morgan fingerprint density at radius 2 is 1.90 bits per heavy atom. The van der Waals surface area contributed by atoms with Crippen molar-refractivity contribution in [3.8, 4) is 0 Å². The number of alkyl halides is 3. The highest BCUT2D eigenvalue weighted by atomic mass is 19.4. The van der Waals surface area contributed by atoms with Gasteiger partial charge in [-0.3, -0.25) is 24.1 Å². The second-order valence-electron chi connectivity index (χ2n) is 9.74. The van der Waals surface area contributed by atoms with Crippen LogP contribution in [0.1, 0.15) is 63.6 Å². The van der Waals surface area contributed by atoms with Crippen molar-refractivity contribution in [3.63, 3.8) is 0 Å². The summed E-state index contributed by atoms with van der Waals surface area (Å²) in [6.45, 7) is 7.75. The van der Waals surface area contributed by atoms with Gasteiger partial charge in [-0.1, -0.05) is 26.0 Å². The molecule has 0 N–H and O–H groups in total. The Morgan fingerprint density at radius 1 is 1.15 bits per heavy atom. The maximum absolute atomic E-state index is 13.6. The quantitative estimate of drug-likeness (QED) is 0.405. The van der Waals surface area contributed by atoms with Crippen LogP contribution in [0.4, 0.5) is 18.0 Å². The number of rotatable bonds is 10. The predicted molar refractivity (Wildman–Crippen MR) is 139 cm³/mol. The van der Waals surface area contributed by atoms with Gasteiger partial charge in [-0.05, 0) is 44.4 Å². The lowest BCUT2D eigenvalue weighted by Gasteiger charge is -2.43. The van der Waals surface area contributed by atoms with Crippen LogP contribution in [0.15, 0.2) is 41.7 Å². The summed E-state index contributed by atoms with van der Waals surface area (Å²) in [5, 5.41) is 4.31. The Bertz CT molecular complexity index is 1290. The number of amidine groups is 1. The van der Waals surface area contributed by atoms with Gasteiger partial charge in [-0.25, -0.2) is 9.79 Å². The first kappa shape index (κ1) is 29.1. The summed E-state index contributed by atoms with van der Waals surface area (Å²) in [6, 6.07) is 3.63. The zero-order valence-electron chi connectivity index (χ0n) is 22.9. The van der Waals surface area contributed by atoms with E-state index in [1.54, 1.807) is 31.0 Å². The number of benzene rings is 1. The van der Waals surface area contributed by atoms with E-state index in [0.717, 1.165) is 12.1 Å². The van der Waals surface area contributed by atoms with Crippen molar-refractivity contribution in [2.75, 3.05) is 13.1 Å². The molecule has 2 aliphatic heterocycles. The van der Waals surface area contributed by atoms with E-state index in [1.165, 1.54) is 26.7 Å². The standard InChI is InChI=1S/C27H33F3N6O4/c1-5-9-21(37)40-17(4)36-22-24(34(7-3)26(39)35(12-6-2)25(22)38)32-23(36)19-14-31-33(16-19)15-18-10-8-11-20(13-18)27(28,29)30/h8,10-11,13-14,16-17,22,24H,5-7,9,12,15H2,1-4H3. The summed E-state index contributed by atoms with van der Waals surface area (Å²) >= 11 is 0. The van der Waals surface area contributed by atoms with Gasteiger partial charge in [0.25, 0.3) is 5.91 Å². The molecule has 4 rings (SSSR count). The number of aliphatic imine (C=N–C) groups is 1. The average molecular weight is 563 g/mol. The molecule has 1 saturated heterocycles. The number of esters is 1. The number of fused-ring (bicyclic) bond motifs is 1. The third kappa shape index (κ3) is 5.68. The Kier molecular flexibility index (Phi) is 8.50. The van der Waals surface area contributed by atoms with E-state index in [1.807, 2.05) is 13.8 Å². The molecule has 3 unspecified atom stereocenters. The van der Waals surface area contributed by atoms with Crippen LogP contribution in [0.5, 0.6) is 0 Å². The maximum Gasteiger partial charge on any atom is 0.416 e. The van der Waals surface area contributed by atoms with Gasteiger partial charge in [0.15, 0.2) is 18.4 Å². The maximum atomic E-state index is 13.6. The van der Waals surface area contributed by atoms with E-state index < -0.39 is 48.1 Å². The van der Waals surface area contributed by atoms with Gasteiger partial charge in [0.2, 0.25) is 0 Å². The molecular formula is C27H33F3N6O4. The number of amides is 3.